The molecule has 1 fully saturated rings. The molecule has 5 rings (SSSR count). The van der Waals surface area contributed by atoms with Crippen LogP contribution in [0.3, 0.4) is 0 Å². The molecule has 1 aliphatic carbocycles. The summed E-state index contributed by atoms with van der Waals surface area (Å²) in [7, 11) is 0. The molecule has 2 aromatic heterocycles. The second-order valence-electron chi connectivity index (χ2n) is 8.79. The minimum Gasteiger partial charge on any atom is -0.390 e. The lowest BCUT2D eigenvalue weighted by molar-refractivity contribution is -0.143. The topological polar surface area (TPSA) is 88.2 Å². The van der Waals surface area contributed by atoms with E-state index in [1.807, 2.05) is 12.1 Å². The van der Waals surface area contributed by atoms with E-state index in [1.54, 1.807) is 0 Å². The minimum absolute atomic E-state index is 0.00432. The van der Waals surface area contributed by atoms with Gasteiger partial charge in [-0.3, -0.25) is 4.98 Å². The zero-order chi connectivity index (χ0) is 23.9. The molecular formula is C24H24F3N5OS. The van der Waals surface area contributed by atoms with Gasteiger partial charge in [-0.25, -0.2) is 9.97 Å². The van der Waals surface area contributed by atoms with Crippen molar-refractivity contribution in [2.45, 2.75) is 48.0 Å². The number of aliphatic hydroxyl groups excluding tert-OH is 1. The average molecular weight is 488 g/mol. The number of nitrogens with two attached hydrogens (primary N) is 1. The first-order valence-electron chi connectivity index (χ1n) is 11.1. The highest BCUT2D eigenvalue weighted by Gasteiger charge is 2.46. The Balaban J connectivity index is 1.33. The van der Waals surface area contributed by atoms with Crippen LogP contribution in [0.4, 0.5) is 19.0 Å². The molecule has 0 saturated carbocycles. The van der Waals surface area contributed by atoms with Crippen molar-refractivity contribution in [1.29, 1.82) is 0 Å². The van der Waals surface area contributed by atoms with Crippen LogP contribution in [0.2, 0.25) is 0 Å². The minimum atomic E-state index is -4.57. The predicted molar refractivity (Wildman–Crippen MR) is 122 cm³/mol. The molecule has 1 aliphatic heterocycles. The van der Waals surface area contributed by atoms with Crippen molar-refractivity contribution in [2.75, 3.05) is 18.0 Å². The summed E-state index contributed by atoms with van der Waals surface area (Å²) in [6.07, 6.45) is 0.722. The lowest BCUT2D eigenvalue weighted by Crippen LogP contribution is -2.45. The lowest BCUT2D eigenvalue weighted by atomic mass is 9.73. The summed E-state index contributed by atoms with van der Waals surface area (Å²) >= 11 is 0.832. The Morgan fingerprint density at radius 2 is 1.88 bits per heavy atom. The highest BCUT2D eigenvalue weighted by atomic mass is 32.2. The third kappa shape index (κ3) is 4.14. The van der Waals surface area contributed by atoms with E-state index >= 15 is 0 Å². The largest absolute Gasteiger partial charge is 0.434 e. The van der Waals surface area contributed by atoms with Crippen LogP contribution in [-0.2, 0) is 19.2 Å². The van der Waals surface area contributed by atoms with Gasteiger partial charge in [-0.05, 0) is 47.9 Å². The number of piperidine rings is 1. The first kappa shape index (κ1) is 23.1. The molecule has 178 valence electrons. The van der Waals surface area contributed by atoms with Gasteiger partial charge in [0, 0.05) is 30.2 Å². The van der Waals surface area contributed by atoms with Crippen molar-refractivity contribution in [1.82, 2.24) is 15.0 Å². The number of halogens is 3. The number of hydrogen-bond acceptors (Lipinski definition) is 7. The Hall–Kier alpha value is -2.69. The molecule has 34 heavy (non-hydrogen) atoms. The van der Waals surface area contributed by atoms with Crippen LogP contribution in [0.25, 0.3) is 0 Å². The van der Waals surface area contributed by atoms with E-state index in [-0.39, 0.29) is 28.0 Å². The number of benzene rings is 1. The quantitative estimate of drug-likeness (QED) is 0.565. The number of hydrogen-bond donors (Lipinski definition) is 2. The molecule has 1 spiro atoms. The number of nitrogens with zero attached hydrogens (tertiary/aromatic N) is 4. The number of aliphatic hydroxyl groups is 1. The lowest BCUT2D eigenvalue weighted by Gasteiger charge is -2.42. The summed E-state index contributed by atoms with van der Waals surface area (Å²) in [4.78, 5) is 14.4. The number of aromatic nitrogens is 3. The fourth-order valence-corrected chi connectivity index (χ4v) is 5.99. The van der Waals surface area contributed by atoms with Gasteiger partial charge in [0.1, 0.15) is 10.7 Å². The highest BCUT2D eigenvalue weighted by molar-refractivity contribution is 7.99. The molecule has 0 amide bonds. The molecule has 1 aromatic carbocycles. The first-order valence-corrected chi connectivity index (χ1v) is 11.9. The molecule has 3 N–H and O–H groups in total. The monoisotopic (exact) mass is 487 g/mol. The van der Waals surface area contributed by atoms with E-state index in [0.717, 1.165) is 50.3 Å². The van der Waals surface area contributed by atoms with Crippen LogP contribution in [0.5, 0.6) is 0 Å². The number of alkyl halides is 3. The Morgan fingerprint density at radius 1 is 1.12 bits per heavy atom. The standard InChI is InChI=1S/C24H24F3N5OS/c25-24(26,27)21-18(6-3-9-29-21)34-19-13-30-22(17(14-33)31-19)32-10-7-23(8-11-32)12-15-4-1-2-5-16(15)20(23)28/h1-6,9,13,20,33H,7-8,10-12,14,28H2/t20-/m1/s1. The molecule has 0 unspecified atom stereocenters. The Bertz CT molecular complexity index is 1200. The predicted octanol–water partition coefficient (Wildman–Crippen LogP) is 4.38. The van der Waals surface area contributed by atoms with Crippen molar-refractivity contribution < 1.29 is 18.3 Å². The van der Waals surface area contributed by atoms with Gasteiger partial charge in [-0.1, -0.05) is 36.0 Å². The van der Waals surface area contributed by atoms with Crippen LogP contribution in [-0.4, -0.2) is 33.1 Å². The summed E-state index contributed by atoms with van der Waals surface area (Å²) < 4.78 is 39.8. The van der Waals surface area contributed by atoms with Gasteiger partial charge in [0.25, 0.3) is 0 Å². The molecular weight excluding hydrogens is 463 g/mol. The summed E-state index contributed by atoms with van der Waals surface area (Å²) in [5.74, 6) is 0.563. The maximum atomic E-state index is 13.3. The third-order valence-electron chi connectivity index (χ3n) is 6.86. The first-order chi connectivity index (χ1) is 16.3. The number of anilines is 1. The van der Waals surface area contributed by atoms with Crippen molar-refractivity contribution in [3.05, 3.63) is 71.3 Å². The van der Waals surface area contributed by atoms with E-state index < -0.39 is 11.9 Å². The second kappa shape index (κ2) is 8.83. The maximum Gasteiger partial charge on any atom is 0.434 e. The third-order valence-corrected chi connectivity index (χ3v) is 7.81. The molecule has 0 radical (unpaired) electrons. The summed E-state index contributed by atoms with van der Waals surface area (Å²) in [6, 6.07) is 11.1. The smallest absolute Gasteiger partial charge is 0.390 e. The van der Waals surface area contributed by atoms with E-state index in [2.05, 4.69) is 32.0 Å². The molecule has 3 aromatic rings. The highest BCUT2D eigenvalue weighted by Crippen LogP contribution is 2.51. The SMILES string of the molecule is N[C@@H]1c2ccccc2CC12CCN(c1ncc(Sc3cccnc3C(F)(F)F)nc1CO)CC2. The van der Waals surface area contributed by atoms with Gasteiger partial charge in [0.05, 0.1) is 12.8 Å². The van der Waals surface area contributed by atoms with Gasteiger partial charge in [-0.2, -0.15) is 13.2 Å². The molecule has 3 heterocycles. The van der Waals surface area contributed by atoms with Gasteiger partial charge in [0.2, 0.25) is 0 Å². The normalized spacial score (nSPS) is 19.4. The number of pyridine rings is 1. The van der Waals surface area contributed by atoms with E-state index in [1.165, 1.54) is 29.5 Å². The van der Waals surface area contributed by atoms with E-state index in [9.17, 15) is 18.3 Å². The zero-order valence-corrected chi connectivity index (χ0v) is 19.1. The fourth-order valence-electron chi connectivity index (χ4n) is 5.09. The Labute approximate surface area is 199 Å². The van der Waals surface area contributed by atoms with E-state index in [0.29, 0.717) is 11.5 Å². The van der Waals surface area contributed by atoms with Gasteiger partial charge in [0.15, 0.2) is 11.5 Å². The van der Waals surface area contributed by atoms with Crippen molar-refractivity contribution >= 4 is 17.6 Å². The van der Waals surface area contributed by atoms with Crippen LogP contribution < -0.4 is 10.6 Å². The second-order valence-corrected chi connectivity index (χ2v) is 9.85. The molecule has 1 atom stereocenters. The molecule has 2 aliphatic rings. The zero-order valence-electron chi connectivity index (χ0n) is 18.3. The summed E-state index contributed by atoms with van der Waals surface area (Å²) in [5.41, 5.74) is 8.59. The van der Waals surface area contributed by atoms with Gasteiger partial charge >= 0.3 is 6.18 Å². The Kier molecular flexibility index (Phi) is 5.99. The van der Waals surface area contributed by atoms with Crippen LogP contribution >= 0.6 is 11.8 Å². The maximum absolute atomic E-state index is 13.3. The van der Waals surface area contributed by atoms with Crippen LogP contribution in [0, 0.1) is 5.41 Å². The molecule has 6 nitrogen and oxygen atoms in total. The molecule has 1 saturated heterocycles. The number of fused-ring (bicyclic) bond motifs is 1. The Morgan fingerprint density at radius 3 is 2.59 bits per heavy atom. The van der Waals surface area contributed by atoms with Crippen molar-refractivity contribution in [3.63, 3.8) is 0 Å². The van der Waals surface area contributed by atoms with Crippen molar-refractivity contribution in [2.24, 2.45) is 11.1 Å². The molecule has 10 heteroatoms. The number of rotatable bonds is 4. The van der Waals surface area contributed by atoms with Crippen LogP contribution in [0.15, 0.2) is 58.7 Å². The van der Waals surface area contributed by atoms with Gasteiger partial charge < -0.3 is 15.7 Å². The van der Waals surface area contributed by atoms with Crippen molar-refractivity contribution in [3.8, 4) is 0 Å². The summed E-state index contributed by atoms with van der Waals surface area (Å²) in [5, 5.41) is 10.2. The van der Waals surface area contributed by atoms with E-state index in [4.69, 9.17) is 5.73 Å². The van der Waals surface area contributed by atoms with Crippen LogP contribution in [0.1, 0.15) is 41.4 Å². The van der Waals surface area contributed by atoms with Gasteiger partial charge in [-0.15, -0.1) is 0 Å². The molecule has 0 bridgehead atoms. The fraction of sp³-hybridized carbons (Fsp3) is 0.375. The summed E-state index contributed by atoms with van der Waals surface area (Å²) in [6.45, 7) is 1.08. The average Bonchev–Trinajstić information content (AvgIpc) is 3.10.